The predicted octanol–water partition coefficient (Wildman–Crippen LogP) is 0.971. The van der Waals surface area contributed by atoms with Crippen LogP contribution in [0.3, 0.4) is 0 Å². The fourth-order valence-corrected chi connectivity index (χ4v) is 3.67. The van der Waals surface area contributed by atoms with Gasteiger partial charge in [0.1, 0.15) is 10.0 Å². The second kappa shape index (κ2) is 6.17. The summed E-state index contributed by atoms with van der Waals surface area (Å²) in [5.74, 6) is -0.367. The second-order valence-corrected chi connectivity index (χ2v) is 7.01. The van der Waals surface area contributed by atoms with Gasteiger partial charge in [0.2, 0.25) is 10.0 Å². The van der Waals surface area contributed by atoms with Gasteiger partial charge in [-0.15, -0.1) is 11.3 Å². The molecule has 8 heteroatoms. The summed E-state index contributed by atoms with van der Waals surface area (Å²) in [6.45, 7) is 3.73. The molecule has 1 rings (SSSR count). The second-order valence-electron chi connectivity index (χ2n) is 3.85. The Hall–Kier alpha value is -1.12. The lowest BCUT2D eigenvalue weighted by Gasteiger charge is -2.10. The van der Waals surface area contributed by atoms with Crippen LogP contribution in [0, 0.1) is 5.92 Å². The molecule has 0 saturated heterocycles. The molecule has 0 aromatic carbocycles. The number of nitrogens with two attached hydrogens (primary N) is 1. The zero-order valence-corrected chi connectivity index (χ0v) is 11.9. The molecule has 0 fully saturated rings. The van der Waals surface area contributed by atoms with Gasteiger partial charge in [0.05, 0.1) is 0 Å². The van der Waals surface area contributed by atoms with Gasteiger partial charge in [-0.1, -0.05) is 19.0 Å². The van der Waals surface area contributed by atoms with Crippen molar-refractivity contribution >= 4 is 27.2 Å². The summed E-state index contributed by atoms with van der Waals surface area (Å²) in [6.07, 6.45) is 0.806. The molecule has 102 valence electrons. The van der Waals surface area contributed by atoms with E-state index in [1.807, 2.05) is 6.92 Å². The Morgan fingerprint density at radius 1 is 1.61 bits per heavy atom. The molecule has 1 unspecified atom stereocenters. The molecule has 0 spiro atoms. The van der Waals surface area contributed by atoms with E-state index < -0.39 is 10.0 Å². The molecule has 0 amide bonds. The molecule has 0 aliphatic heterocycles. The van der Waals surface area contributed by atoms with Crippen LogP contribution in [0.2, 0.25) is 0 Å². The summed E-state index contributed by atoms with van der Waals surface area (Å²) in [7, 11) is -3.51. The Labute approximate surface area is 111 Å². The Balaban J connectivity index is 2.71. The van der Waals surface area contributed by atoms with Crippen molar-refractivity contribution in [3.05, 3.63) is 17.0 Å². The monoisotopic (exact) mass is 291 g/mol. The van der Waals surface area contributed by atoms with Crippen molar-refractivity contribution in [3.63, 3.8) is 0 Å². The van der Waals surface area contributed by atoms with Crippen molar-refractivity contribution < 1.29 is 13.6 Å². The van der Waals surface area contributed by atoms with Crippen LogP contribution in [-0.4, -0.2) is 26.0 Å². The molecular weight excluding hydrogens is 274 g/mol. The summed E-state index contributed by atoms with van der Waals surface area (Å²) in [5.41, 5.74) is 5.38. The number of thiophene rings is 1. The highest BCUT2D eigenvalue weighted by atomic mass is 32.2. The van der Waals surface area contributed by atoms with E-state index in [0.29, 0.717) is 0 Å². The van der Waals surface area contributed by atoms with Crippen molar-refractivity contribution in [3.8, 4) is 0 Å². The van der Waals surface area contributed by atoms with E-state index in [0.717, 1.165) is 11.3 Å². The van der Waals surface area contributed by atoms with Crippen molar-refractivity contribution in [2.75, 3.05) is 6.54 Å². The van der Waals surface area contributed by atoms with Gasteiger partial charge in [-0.3, -0.25) is 0 Å². The Bertz CT molecular complexity index is 522. The van der Waals surface area contributed by atoms with Crippen LogP contribution in [-0.2, 0) is 16.4 Å². The van der Waals surface area contributed by atoms with Crippen molar-refractivity contribution in [1.82, 2.24) is 4.72 Å². The number of nitrogens with one attached hydrogen (secondary N) is 1. The van der Waals surface area contributed by atoms with Crippen molar-refractivity contribution in [2.45, 2.75) is 24.5 Å². The average molecular weight is 291 g/mol. The summed E-state index contributed by atoms with van der Waals surface area (Å²) in [6, 6.07) is 3.38. The molecule has 0 aliphatic rings. The maximum Gasteiger partial charge on any atom is 0.250 e. The van der Waals surface area contributed by atoms with Crippen LogP contribution in [0.5, 0.6) is 0 Å². The van der Waals surface area contributed by atoms with E-state index in [1.54, 1.807) is 19.1 Å². The van der Waals surface area contributed by atoms with Gasteiger partial charge < -0.3 is 10.9 Å². The first-order chi connectivity index (χ1) is 8.40. The minimum atomic E-state index is -3.51. The Kier molecular flexibility index (Phi) is 5.12. The molecule has 1 atom stereocenters. The Morgan fingerprint density at radius 3 is 2.78 bits per heavy atom. The van der Waals surface area contributed by atoms with E-state index in [-0.39, 0.29) is 22.5 Å². The molecule has 0 aliphatic carbocycles. The number of amidine groups is 1. The minimum Gasteiger partial charge on any atom is -0.409 e. The average Bonchev–Trinajstić information content (AvgIpc) is 2.84. The van der Waals surface area contributed by atoms with Crippen LogP contribution < -0.4 is 10.5 Å². The lowest BCUT2D eigenvalue weighted by Crippen LogP contribution is -2.34. The molecule has 1 aromatic rings. The molecule has 0 saturated carbocycles. The van der Waals surface area contributed by atoms with E-state index >= 15 is 0 Å². The molecule has 0 bridgehead atoms. The predicted molar refractivity (Wildman–Crippen MR) is 71.5 cm³/mol. The third-order valence-corrected chi connectivity index (χ3v) is 5.60. The van der Waals surface area contributed by atoms with Gasteiger partial charge in [-0.05, 0) is 18.6 Å². The highest BCUT2D eigenvalue weighted by Crippen LogP contribution is 2.21. The topological polar surface area (TPSA) is 105 Å². The molecule has 0 radical (unpaired) electrons. The molecule has 4 N–H and O–H groups in total. The number of rotatable bonds is 6. The SMILES string of the molecule is CCc1ccc(S(=O)(=O)NCC(C)C(N)=NO)s1. The molecule has 18 heavy (non-hydrogen) atoms. The van der Waals surface area contributed by atoms with Gasteiger partial charge in [0.15, 0.2) is 0 Å². The number of hydrogen-bond acceptors (Lipinski definition) is 5. The molecular formula is C10H17N3O3S2. The van der Waals surface area contributed by atoms with E-state index in [9.17, 15) is 8.42 Å². The maximum absolute atomic E-state index is 11.9. The highest BCUT2D eigenvalue weighted by Gasteiger charge is 2.18. The first-order valence-electron chi connectivity index (χ1n) is 5.46. The third kappa shape index (κ3) is 3.69. The first kappa shape index (κ1) is 14.9. The van der Waals surface area contributed by atoms with Gasteiger partial charge in [0, 0.05) is 17.3 Å². The summed E-state index contributed by atoms with van der Waals surface area (Å²) in [4.78, 5) is 1.01. The van der Waals surface area contributed by atoms with Crippen molar-refractivity contribution in [1.29, 1.82) is 0 Å². The van der Waals surface area contributed by atoms with Gasteiger partial charge in [-0.2, -0.15) is 0 Å². The summed E-state index contributed by atoms with van der Waals surface area (Å²) >= 11 is 1.24. The quantitative estimate of drug-likeness (QED) is 0.314. The molecule has 1 heterocycles. The highest BCUT2D eigenvalue weighted by molar-refractivity contribution is 7.91. The standard InChI is InChI=1S/C10H17N3O3S2/c1-3-8-4-5-9(17-8)18(15,16)12-6-7(2)10(11)13-14/h4-5,7,12,14H,3,6H2,1-2H3,(H2,11,13). The molecule has 6 nitrogen and oxygen atoms in total. The van der Waals surface area contributed by atoms with Gasteiger partial charge in [-0.25, -0.2) is 13.1 Å². The Morgan fingerprint density at radius 2 is 2.28 bits per heavy atom. The largest absolute Gasteiger partial charge is 0.409 e. The van der Waals surface area contributed by atoms with Crippen LogP contribution in [0.25, 0.3) is 0 Å². The molecule has 1 aromatic heterocycles. The van der Waals surface area contributed by atoms with E-state index in [4.69, 9.17) is 10.9 Å². The third-order valence-electron chi connectivity index (χ3n) is 2.45. The fraction of sp³-hybridized carbons (Fsp3) is 0.500. The van der Waals surface area contributed by atoms with Gasteiger partial charge in [0.25, 0.3) is 0 Å². The zero-order valence-electron chi connectivity index (χ0n) is 10.3. The van der Waals surface area contributed by atoms with E-state index in [1.165, 1.54) is 11.3 Å². The van der Waals surface area contributed by atoms with Crippen LogP contribution in [0.15, 0.2) is 21.5 Å². The normalized spacial score (nSPS) is 14.7. The number of nitrogens with zero attached hydrogens (tertiary/aromatic N) is 1. The zero-order chi connectivity index (χ0) is 13.8. The summed E-state index contributed by atoms with van der Waals surface area (Å²) < 4.78 is 26.6. The smallest absolute Gasteiger partial charge is 0.250 e. The number of aryl methyl sites for hydroxylation is 1. The lowest BCUT2D eigenvalue weighted by molar-refractivity contribution is 0.314. The summed E-state index contributed by atoms with van der Waals surface area (Å²) in [5, 5.41) is 11.3. The van der Waals surface area contributed by atoms with Gasteiger partial charge >= 0.3 is 0 Å². The first-order valence-corrected chi connectivity index (χ1v) is 7.76. The number of sulfonamides is 1. The number of oxime groups is 1. The fourth-order valence-electron chi connectivity index (χ4n) is 1.20. The maximum atomic E-state index is 11.9. The number of hydrogen-bond donors (Lipinski definition) is 3. The van der Waals surface area contributed by atoms with Crippen molar-refractivity contribution in [2.24, 2.45) is 16.8 Å². The van der Waals surface area contributed by atoms with Crippen LogP contribution >= 0.6 is 11.3 Å². The minimum absolute atomic E-state index is 0.00173. The lowest BCUT2D eigenvalue weighted by atomic mass is 10.2. The van der Waals surface area contributed by atoms with Crippen LogP contribution in [0.4, 0.5) is 0 Å². The van der Waals surface area contributed by atoms with E-state index in [2.05, 4.69) is 9.88 Å². The van der Waals surface area contributed by atoms with Crippen LogP contribution in [0.1, 0.15) is 18.7 Å².